The van der Waals surface area contributed by atoms with E-state index in [0.717, 1.165) is 24.9 Å². The first kappa shape index (κ1) is 11.7. The molecule has 2 heterocycles. The van der Waals surface area contributed by atoms with E-state index in [9.17, 15) is 0 Å². The van der Waals surface area contributed by atoms with E-state index in [2.05, 4.69) is 11.4 Å². The summed E-state index contributed by atoms with van der Waals surface area (Å²) in [6.45, 7) is 3.84. The number of ether oxygens (including phenoxy) is 1. The second-order valence-electron chi connectivity index (χ2n) is 4.62. The van der Waals surface area contributed by atoms with Gasteiger partial charge in [0.1, 0.15) is 5.76 Å². The fourth-order valence-corrected chi connectivity index (χ4v) is 2.38. The molecule has 3 nitrogen and oxygen atoms in total. The van der Waals surface area contributed by atoms with Crippen LogP contribution in [0.1, 0.15) is 36.6 Å². The normalized spacial score (nSPS) is 19.9. The molecule has 1 aliphatic rings. The monoisotopic (exact) mass is 223 g/mol. The van der Waals surface area contributed by atoms with E-state index in [-0.39, 0.29) is 0 Å². The van der Waals surface area contributed by atoms with Crippen molar-refractivity contribution in [2.75, 3.05) is 20.3 Å². The summed E-state index contributed by atoms with van der Waals surface area (Å²) in [4.78, 5) is 0. The minimum atomic E-state index is 0.417. The Bertz CT molecular complexity index is 315. The van der Waals surface area contributed by atoms with Crippen molar-refractivity contribution in [1.82, 2.24) is 5.32 Å². The van der Waals surface area contributed by atoms with E-state index in [0.29, 0.717) is 6.04 Å². The molecule has 90 valence electrons. The second kappa shape index (κ2) is 5.51. The van der Waals surface area contributed by atoms with Gasteiger partial charge in [-0.3, -0.25) is 0 Å². The second-order valence-corrected chi connectivity index (χ2v) is 4.62. The number of hydrogen-bond donors (Lipinski definition) is 1. The summed E-state index contributed by atoms with van der Waals surface area (Å²) in [6, 6.07) is 2.54. The van der Waals surface area contributed by atoms with Crippen molar-refractivity contribution in [1.29, 1.82) is 0 Å². The van der Waals surface area contributed by atoms with Crippen molar-refractivity contribution >= 4 is 0 Å². The Morgan fingerprint density at radius 2 is 2.19 bits per heavy atom. The SMILES string of the molecule is CNC(CC1CCOCC1)c1coc(C)c1. The van der Waals surface area contributed by atoms with E-state index in [1.165, 1.54) is 24.8 Å². The van der Waals surface area contributed by atoms with Crippen LogP contribution in [0.4, 0.5) is 0 Å². The summed E-state index contributed by atoms with van der Waals surface area (Å²) >= 11 is 0. The first-order valence-corrected chi connectivity index (χ1v) is 6.09. The highest BCUT2D eigenvalue weighted by Gasteiger charge is 2.20. The van der Waals surface area contributed by atoms with Crippen LogP contribution in [0.25, 0.3) is 0 Å². The van der Waals surface area contributed by atoms with Crippen LogP contribution in [0.2, 0.25) is 0 Å². The number of hydrogen-bond acceptors (Lipinski definition) is 3. The van der Waals surface area contributed by atoms with Crippen LogP contribution < -0.4 is 5.32 Å². The highest BCUT2D eigenvalue weighted by Crippen LogP contribution is 2.28. The molecular formula is C13H21NO2. The molecule has 1 aliphatic heterocycles. The predicted molar refractivity (Wildman–Crippen MR) is 63.4 cm³/mol. The van der Waals surface area contributed by atoms with Gasteiger partial charge in [0, 0.05) is 24.8 Å². The largest absolute Gasteiger partial charge is 0.469 e. The molecule has 1 N–H and O–H groups in total. The lowest BCUT2D eigenvalue weighted by Crippen LogP contribution is -2.23. The summed E-state index contributed by atoms with van der Waals surface area (Å²) in [6.07, 6.45) is 5.43. The average Bonchev–Trinajstić information content (AvgIpc) is 2.74. The average molecular weight is 223 g/mol. The maximum absolute atomic E-state index is 5.39. The van der Waals surface area contributed by atoms with Gasteiger partial charge in [0.25, 0.3) is 0 Å². The van der Waals surface area contributed by atoms with Gasteiger partial charge in [0.15, 0.2) is 0 Å². The number of aryl methyl sites for hydroxylation is 1. The Hall–Kier alpha value is -0.800. The molecule has 0 bridgehead atoms. The topological polar surface area (TPSA) is 34.4 Å². The van der Waals surface area contributed by atoms with Gasteiger partial charge in [-0.15, -0.1) is 0 Å². The molecular weight excluding hydrogens is 202 g/mol. The van der Waals surface area contributed by atoms with Crippen LogP contribution >= 0.6 is 0 Å². The molecule has 1 unspecified atom stereocenters. The van der Waals surface area contributed by atoms with Gasteiger partial charge in [-0.2, -0.15) is 0 Å². The van der Waals surface area contributed by atoms with Crippen molar-refractivity contribution < 1.29 is 9.15 Å². The van der Waals surface area contributed by atoms with E-state index >= 15 is 0 Å². The minimum absolute atomic E-state index is 0.417. The van der Waals surface area contributed by atoms with E-state index in [4.69, 9.17) is 9.15 Å². The van der Waals surface area contributed by atoms with Crippen LogP contribution in [0, 0.1) is 12.8 Å². The van der Waals surface area contributed by atoms with Crippen molar-refractivity contribution in [2.24, 2.45) is 5.92 Å². The lowest BCUT2D eigenvalue weighted by molar-refractivity contribution is 0.0608. The molecule has 0 amide bonds. The third kappa shape index (κ3) is 2.86. The third-order valence-corrected chi connectivity index (χ3v) is 3.41. The maximum Gasteiger partial charge on any atom is 0.101 e. The van der Waals surface area contributed by atoms with Crippen molar-refractivity contribution in [3.8, 4) is 0 Å². The molecule has 1 atom stereocenters. The van der Waals surface area contributed by atoms with E-state index in [1.54, 1.807) is 0 Å². The summed E-state index contributed by atoms with van der Waals surface area (Å²) in [5, 5.41) is 3.38. The van der Waals surface area contributed by atoms with Gasteiger partial charge in [0.05, 0.1) is 6.26 Å². The maximum atomic E-state index is 5.39. The lowest BCUT2D eigenvalue weighted by Gasteiger charge is -2.26. The summed E-state index contributed by atoms with van der Waals surface area (Å²) in [7, 11) is 2.02. The molecule has 0 radical (unpaired) electrons. The molecule has 1 fully saturated rings. The van der Waals surface area contributed by atoms with Crippen LogP contribution in [0.15, 0.2) is 16.7 Å². The van der Waals surface area contributed by atoms with Crippen molar-refractivity contribution in [3.05, 3.63) is 23.7 Å². The van der Waals surface area contributed by atoms with Crippen LogP contribution in [-0.2, 0) is 4.74 Å². The molecule has 1 aromatic rings. The molecule has 1 saturated heterocycles. The smallest absolute Gasteiger partial charge is 0.101 e. The standard InChI is InChI=1S/C13H21NO2/c1-10-7-12(9-16-10)13(14-2)8-11-3-5-15-6-4-11/h7,9,11,13-14H,3-6,8H2,1-2H3. The zero-order valence-electron chi connectivity index (χ0n) is 10.2. The van der Waals surface area contributed by atoms with Gasteiger partial charge < -0.3 is 14.5 Å². The number of furan rings is 1. The molecule has 16 heavy (non-hydrogen) atoms. The van der Waals surface area contributed by atoms with Gasteiger partial charge in [-0.25, -0.2) is 0 Å². The molecule has 0 aliphatic carbocycles. The van der Waals surface area contributed by atoms with Gasteiger partial charge in [-0.1, -0.05) is 0 Å². The molecule has 1 aromatic heterocycles. The summed E-state index contributed by atoms with van der Waals surface area (Å²) in [5.41, 5.74) is 1.27. The van der Waals surface area contributed by atoms with Crippen LogP contribution in [0.3, 0.4) is 0 Å². The van der Waals surface area contributed by atoms with Gasteiger partial charge in [-0.05, 0) is 45.2 Å². The zero-order chi connectivity index (χ0) is 11.4. The number of rotatable bonds is 4. The lowest BCUT2D eigenvalue weighted by atomic mass is 9.90. The van der Waals surface area contributed by atoms with Gasteiger partial charge >= 0.3 is 0 Å². The Balaban J connectivity index is 1.94. The molecule has 0 aromatic carbocycles. The highest BCUT2D eigenvalue weighted by molar-refractivity contribution is 5.16. The summed E-state index contributed by atoms with van der Waals surface area (Å²) < 4.78 is 10.8. The first-order chi connectivity index (χ1) is 7.79. The Morgan fingerprint density at radius 1 is 1.44 bits per heavy atom. The van der Waals surface area contributed by atoms with E-state index < -0.39 is 0 Å². The Morgan fingerprint density at radius 3 is 2.75 bits per heavy atom. The molecule has 0 spiro atoms. The van der Waals surface area contributed by atoms with Gasteiger partial charge in [0.2, 0.25) is 0 Å². The fourth-order valence-electron chi connectivity index (χ4n) is 2.38. The predicted octanol–water partition coefficient (Wildman–Crippen LogP) is 2.67. The molecule has 0 saturated carbocycles. The summed E-state index contributed by atoms with van der Waals surface area (Å²) in [5.74, 6) is 1.77. The van der Waals surface area contributed by atoms with Crippen LogP contribution in [0.5, 0.6) is 0 Å². The number of nitrogens with one attached hydrogen (secondary N) is 1. The Kier molecular flexibility index (Phi) is 4.02. The molecule has 3 heteroatoms. The first-order valence-electron chi connectivity index (χ1n) is 6.09. The zero-order valence-corrected chi connectivity index (χ0v) is 10.2. The van der Waals surface area contributed by atoms with Crippen molar-refractivity contribution in [2.45, 2.75) is 32.2 Å². The fraction of sp³-hybridized carbons (Fsp3) is 0.692. The highest BCUT2D eigenvalue weighted by atomic mass is 16.5. The van der Waals surface area contributed by atoms with Crippen molar-refractivity contribution in [3.63, 3.8) is 0 Å². The quantitative estimate of drug-likeness (QED) is 0.852. The van der Waals surface area contributed by atoms with E-state index in [1.807, 2.05) is 20.2 Å². The minimum Gasteiger partial charge on any atom is -0.469 e. The third-order valence-electron chi connectivity index (χ3n) is 3.41. The van der Waals surface area contributed by atoms with Crippen LogP contribution in [-0.4, -0.2) is 20.3 Å². The Labute approximate surface area is 97.2 Å². The molecule has 2 rings (SSSR count).